The molecule has 0 aliphatic rings. The van der Waals surface area contributed by atoms with Crippen LogP contribution in [-0.2, 0) is 11.3 Å². The first-order chi connectivity index (χ1) is 6.61. The topological polar surface area (TPSA) is 79.3 Å². The largest absolute Gasteiger partial charge is 0.478 e. The van der Waals surface area contributed by atoms with Gasteiger partial charge in [-0.05, 0) is 11.6 Å². The van der Waals surface area contributed by atoms with Crippen molar-refractivity contribution in [2.75, 3.05) is 0 Å². The molecule has 2 N–H and O–H groups in total. The van der Waals surface area contributed by atoms with Gasteiger partial charge in [-0.1, -0.05) is 0 Å². The van der Waals surface area contributed by atoms with Gasteiger partial charge in [0.25, 0.3) is 0 Å². The third kappa shape index (κ3) is 2.55. The van der Waals surface area contributed by atoms with Crippen molar-refractivity contribution in [3.05, 3.63) is 29.6 Å². The molecule has 1 heterocycles. The van der Waals surface area contributed by atoms with Gasteiger partial charge in [-0.2, -0.15) is 0 Å². The predicted molar refractivity (Wildman–Crippen MR) is 48.7 cm³/mol. The molecule has 1 amide bonds. The fraction of sp³-hybridized carbons (Fsp3) is 0.222. The Kier molecular flexibility index (Phi) is 3.17. The summed E-state index contributed by atoms with van der Waals surface area (Å²) in [5.74, 6) is -1.24. The Bertz CT molecular complexity index is 363. The Morgan fingerprint density at radius 1 is 1.57 bits per heavy atom. The highest BCUT2D eigenvalue weighted by Crippen LogP contribution is 2.06. The van der Waals surface area contributed by atoms with Crippen LogP contribution < -0.4 is 5.32 Å². The highest BCUT2D eigenvalue weighted by molar-refractivity contribution is 5.89. The summed E-state index contributed by atoms with van der Waals surface area (Å²) in [6.45, 7) is 1.58. The van der Waals surface area contributed by atoms with E-state index in [-0.39, 0.29) is 18.0 Å². The van der Waals surface area contributed by atoms with Gasteiger partial charge in [-0.3, -0.25) is 9.78 Å². The molecule has 0 fully saturated rings. The van der Waals surface area contributed by atoms with Gasteiger partial charge in [0.05, 0.1) is 5.56 Å². The molecule has 1 aromatic rings. The third-order valence-corrected chi connectivity index (χ3v) is 1.67. The number of amides is 1. The van der Waals surface area contributed by atoms with Crippen LogP contribution in [0.2, 0.25) is 0 Å². The highest BCUT2D eigenvalue weighted by Gasteiger charge is 2.09. The van der Waals surface area contributed by atoms with Crippen molar-refractivity contribution in [1.29, 1.82) is 0 Å². The number of pyridine rings is 1. The van der Waals surface area contributed by atoms with Gasteiger partial charge in [-0.15, -0.1) is 0 Å². The van der Waals surface area contributed by atoms with E-state index in [0.29, 0.717) is 5.56 Å². The average Bonchev–Trinajstić information content (AvgIpc) is 2.15. The lowest BCUT2D eigenvalue weighted by atomic mass is 10.1. The molecule has 5 heteroatoms. The van der Waals surface area contributed by atoms with Crippen molar-refractivity contribution in [3.8, 4) is 0 Å². The Labute approximate surface area is 80.8 Å². The summed E-state index contributed by atoms with van der Waals surface area (Å²) in [6.07, 6.45) is 2.75. The van der Waals surface area contributed by atoms with Crippen molar-refractivity contribution < 1.29 is 14.7 Å². The average molecular weight is 194 g/mol. The number of carboxylic acid groups (broad SMARTS) is 1. The Morgan fingerprint density at radius 3 is 2.86 bits per heavy atom. The molecule has 74 valence electrons. The van der Waals surface area contributed by atoms with E-state index >= 15 is 0 Å². The van der Waals surface area contributed by atoms with Crippen LogP contribution in [0, 0.1) is 0 Å². The van der Waals surface area contributed by atoms with E-state index in [1.807, 2.05) is 0 Å². The molecule has 0 atom stereocenters. The van der Waals surface area contributed by atoms with Crippen molar-refractivity contribution in [1.82, 2.24) is 10.3 Å². The maximum absolute atomic E-state index is 10.7. The second-order valence-electron chi connectivity index (χ2n) is 2.75. The predicted octanol–water partition coefficient (Wildman–Crippen LogP) is 0.416. The van der Waals surface area contributed by atoms with Crippen LogP contribution in [0.25, 0.3) is 0 Å². The van der Waals surface area contributed by atoms with Gasteiger partial charge in [0, 0.05) is 25.9 Å². The number of hydrogen-bond acceptors (Lipinski definition) is 3. The third-order valence-electron chi connectivity index (χ3n) is 1.67. The first-order valence-corrected chi connectivity index (χ1v) is 4.02. The van der Waals surface area contributed by atoms with Gasteiger partial charge >= 0.3 is 5.97 Å². The van der Waals surface area contributed by atoms with Crippen LogP contribution in [0.4, 0.5) is 0 Å². The number of carbonyl (C=O) groups is 2. The highest BCUT2D eigenvalue weighted by atomic mass is 16.4. The Hall–Kier alpha value is -1.91. The van der Waals surface area contributed by atoms with E-state index in [4.69, 9.17) is 5.11 Å². The summed E-state index contributed by atoms with van der Waals surface area (Å²) in [6, 6.07) is 1.57. The van der Waals surface area contributed by atoms with Gasteiger partial charge in [0.2, 0.25) is 5.91 Å². The molecule has 0 aromatic carbocycles. The summed E-state index contributed by atoms with van der Waals surface area (Å²) in [5.41, 5.74) is 0.656. The van der Waals surface area contributed by atoms with Gasteiger partial charge in [0.1, 0.15) is 0 Å². The van der Waals surface area contributed by atoms with Gasteiger partial charge in [-0.25, -0.2) is 4.79 Å². The zero-order valence-corrected chi connectivity index (χ0v) is 7.65. The molecule has 0 spiro atoms. The van der Waals surface area contributed by atoms with Crippen LogP contribution >= 0.6 is 0 Å². The number of aromatic carboxylic acids is 1. The van der Waals surface area contributed by atoms with Crippen LogP contribution in [0.5, 0.6) is 0 Å². The quantitative estimate of drug-likeness (QED) is 0.730. The van der Waals surface area contributed by atoms with Gasteiger partial charge < -0.3 is 10.4 Å². The molecule has 0 bridgehead atoms. The maximum Gasteiger partial charge on any atom is 0.337 e. The minimum absolute atomic E-state index is 0.112. The number of nitrogens with zero attached hydrogens (tertiary/aromatic N) is 1. The standard InChI is InChI=1S/C9H10N2O3/c1-6(12)11-4-7-2-3-10-5-8(7)9(13)14/h2-3,5H,4H2,1H3,(H,11,12)(H,13,14). The molecule has 1 rings (SSSR count). The van der Waals surface area contributed by atoms with Crippen molar-refractivity contribution in [2.24, 2.45) is 0 Å². The zero-order valence-electron chi connectivity index (χ0n) is 7.65. The molecule has 0 unspecified atom stereocenters. The lowest BCUT2D eigenvalue weighted by molar-refractivity contribution is -0.119. The number of carboxylic acids is 1. The molecule has 0 aliphatic carbocycles. The van der Waals surface area contributed by atoms with E-state index in [9.17, 15) is 9.59 Å². The number of carbonyl (C=O) groups excluding carboxylic acids is 1. The number of nitrogens with one attached hydrogen (secondary N) is 1. The lowest BCUT2D eigenvalue weighted by Gasteiger charge is -2.04. The summed E-state index contributed by atoms with van der Waals surface area (Å²) in [5, 5.41) is 11.3. The Balaban J connectivity index is 2.84. The fourth-order valence-corrected chi connectivity index (χ4v) is 0.990. The molecule has 0 saturated heterocycles. The first kappa shape index (κ1) is 10.2. The number of hydrogen-bond donors (Lipinski definition) is 2. The molecule has 0 radical (unpaired) electrons. The molecule has 5 nitrogen and oxygen atoms in total. The van der Waals surface area contributed by atoms with Crippen LogP contribution in [0.15, 0.2) is 18.5 Å². The monoisotopic (exact) mass is 194 g/mol. The van der Waals surface area contributed by atoms with E-state index < -0.39 is 5.97 Å². The smallest absolute Gasteiger partial charge is 0.337 e. The van der Waals surface area contributed by atoms with Crippen LogP contribution in [-0.4, -0.2) is 22.0 Å². The van der Waals surface area contributed by atoms with E-state index in [2.05, 4.69) is 10.3 Å². The zero-order chi connectivity index (χ0) is 10.6. The molecule has 14 heavy (non-hydrogen) atoms. The van der Waals surface area contributed by atoms with Gasteiger partial charge in [0.15, 0.2) is 0 Å². The van der Waals surface area contributed by atoms with E-state index in [0.717, 1.165) is 0 Å². The summed E-state index contributed by atoms with van der Waals surface area (Å²) < 4.78 is 0. The minimum atomic E-state index is -1.04. The molecular formula is C9H10N2O3. The lowest BCUT2D eigenvalue weighted by Crippen LogP contribution is -2.20. The fourth-order valence-electron chi connectivity index (χ4n) is 0.990. The number of aromatic nitrogens is 1. The van der Waals surface area contributed by atoms with Crippen molar-refractivity contribution in [2.45, 2.75) is 13.5 Å². The van der Waals surface area contributed by atoms with Crippen molar-refractivity contribution in [3.63, 3.8) is 0 Å². The van der Waals surface area contributed by atoms with E-state index in [1.54, 1.807) is 6.07 Å². The summed E-state index contributed by atoms with van der Waals surface area (Å²) >= 11 is 0. The van der Waals surface area contributed by atoms with Crippen molar-refractivity contribution >= 4 is 11.9 Å². The first-order valence-electron chi connectivity index (χ1n) is 4.02. The summed E-state index contributed by atoms with van der Waals surface area (Å²) in [4.78, 5) is 25.0. The second-order valence-corrected chi connectivity index (χ2v) is 2.75. The molecular weight excluding hydrogens is 184 g/mol. The normalized spacial score (nSPS) is 9.50. The minimum Gasteiger partial charge on any atom is -0.478 e. The second kappa shape index (κ2) is 4.36. The summed E-state index contributed by atoms with van der Waals surface area (Å²) in [7, 11) is 0. The molecule has 0 aliphatic heterocycles. The maximum atomic E-state index is 10.7. The van der Waals surface area contributed by atoms with E-state index in [1.165, 1.54) is 19.3 Å². The Morgan fingerprint density at radius 2 is 2.29 bits per heavy atom. The number of rotatable bonds is 3. The van der Waals surface area contributed by atoms with Crippen LogP contribution in [0.1, 0.15) is 22.8 Å². The molecule has 1 aromatic heterocycles. The molecule has 0 saturated carbocycles. The SMILES string of the molecule is CC(=O)NCc1ccncc1C(=O)O. The van der Waals surface area contributed by atoms with Crippen LogP contribution in [0.3, 0.4) is 0 Å².